The summed E-state index contributed by atoms with van der Waals surface area (Å²) < 4.78 is 5.99. The van der Waals surface area contributed by atoms with E-state index in [0.29, 0.717) is 0 Å². The van der Waals surface area contributed by atoms with Crippen LogP contribution in [0.15, 0.2) is 29.5 Å². The zero-order valence-corrected chi connectivity index (χ0v) is 12.3. The molecule has 3 nitrogen and oxygen atoms in total. The van der Waals surface area contributed by atoms with Crippen LogP contribution >= 0.6 is 11.3 Å². The molecule has 1 aliphatic heterocycles. The topological polar surface area (TPSA) is 32.7 Å². The summed E-state index contributed by atoms with van der Waals surface area (Å²) in [6.07, 6.45) is 3.60. The van der Waals surface area contributed by atoms with Crippen LogP contribution in [-0.2, 0) is 4.74 Å². The van der Waals surface area contributed by atoms with Gasteiger partial charge in [0.15, 0.2) is 0 Å². The van der Waals surface area contributed by atoms with Gasteiger partial charge in [0.05, 0.1) is 18.3 Å². The molecule has 0 aliphatic carbocycles. The lowest BCUT2D eigenvalue weighted by molar-refractivity contribution is -0.0868. The molecule has 0 aromatic carbocycles. The molecule has 1 fully saturated rings. The van der Waals surface area contributed by atoms with Gasteiger partial charge in [-0.3, -0.25) is 4.90 Å². The Morgan fingerprint density at radius 3 is 3.16 bits per heavy atom. The summed E-state index contributed by atoms with van der Waals surface area (Å²) in [5, 5.41) is 14.2. The van der Waals surface area contributed by atoms with E-state index in [9.17, 15) is 5.11 Å². The summed E-state index contributed by atoms with van der Waals surface area (Å²) >= 11 is 1.70. The van der Waals surface area contributed by atoms with Gasteiger partial charge in [-0.2, -0.15) is 11.3 Å². The maximum atomic E-state index is 10.0. The highest BCUT2D eigenvalue weighted by molar-refractivity contribution is 7.07. The number of morpholine rings is 1. The van der Waals surface area contributed by atoms with Crippen LogP contribution in [0.5, 0.6) is 0 Å². The van der Waals surface area contributed by atoms with Gasteiger partial charge < -0.3 is 9.84 Å². The Morgan fingerprint density at radius 2 is 2.47 bits per heavy atom. The SMILES string of the molecule is C=CCC[C@H](O)CN1C[C@@H](c2ccsc2)O[C@@H](C)C1. The van der Waals surface area contributed by atoms with E-state index in [-0.39, 0.29) is 18.3 Å². The molecular formula is C15H23NO2S. The molecule has 0 radical (unpaired) electrons. The second-order valence-electron chi connectivity index (χ2n) is 5.23. The van der Waals surface area contributed by atoms with Crippen LogP contribution in [0.4, 0.5) is 0 Å². The van der Waals surface area contributed by atoms with Crippen LogP contribution in [0.2, 0.25) is 0 Å². The predicted molar refractivity (Wildman–Crippen MR) is 79.5 cm³/mol. The minimum Gasteiger partial charge on any atom is -0.392 e. The van der Waals surface area contributed by atoms with Gasteiger partial charge in [0.2, 0.25) is 0 Å². The van der Waals surface area contributed by atoms with Gasteiger partial charge in [-0.15, -0.1) is 6.58 Å². The molecule has 1 N–H and O–H groups in total. The van der Waals surface area contributed by atoms with Crippen molar-refractivity contribution in [3.63, 3.8) is 0 Å². The Labute approximate surface area is 119 Å². The fraction of sp³-hybridized carbons (Fsp3) is 0.600. The Balaban J connectivity index is 1.89. The molecule has 2 heterocycles. The molecule has 3 atom stereocenters. The van der Waals surface area contributed by atoms with Crippen LogP contribution in [0.1, 0.15) is 31.4 Å². The van der Waals surface area contributed by atoms with E-state index >= 15 is 0 Å². The highest BCUT2D eigenvalue weighted by atomic mass is 32.1. The third-order valence-electron chi connectivity index (χ3n) is 3.42. The Kier molecular flexibility index (Phi) is 5.58. The first-order valence-electron chi connectivity index (χ1n) is 6.88. The highest BCUT2D eigenvalue weighted by Gasteiger charge is 2.27. The van der Waals surface area contributed by atoms with Gasteiger partial charge in [0, 0.05) is 19.6 Å². The summed E-state index contributed by atoms with van der Waals surface area (Å²) in [5.74, 6) is 0. The van der Waals surface area contributed by atoms with Crippen LogP contribution in [0, 0.1) is 0 Å². The third kappa shape index (κ3) is 4.42. The van der Waals surface area contributed by atoms with E-state index in [4.69, 9.17) is 4.74 Å². The van der Waals surface area contributed by atoms with Gasteiger partial charge in [0.1, 0.15) is 0 Å². The van der Waals surface area contributed by atoms with E-state index in [2.05, 4.69) is 35.2 Å². The number of β-amino-alcohol motifs (C(OH)–C–C–N with tert-alkyl or cyclic N) is 1. The second-order valence-corrected chi connectivity index (χ2v) is 6.01. The number of aliphatic hydroxyl groups excluding tert-OH is 1. The first-order valence-corrected chi connectivity index (χ1v) is 7.82. The Bertz CT molecular complexity index is 380. The zero-order chi connectivity index (χ0) is 13.7. The largest absolute Gasteiger partial charge is 0.392 e. The average Bonchev–Trinajstić information content (AvgIpc) is 2.89. The minimum atomic E-state index is -0.272. The zero-order valence-electron chi connectivity index (χ0n) is 11.5. The summed E-state index contributed by atoms with van der Waals surface area (Å²) in [5.41, 5.74) is 1.25. The number of rotatable bonds is 6. The summed E-state index contributed by atoms with van der Waals surface area (Å²) in [7, 11) is 0. The van der Waals surface area contributed by atoms with Crippen molar-refractivity contribution >= 4 is 11.3 Å². The number of allylic oxidation sites excluding steroid dienone is 1. The summed E-state index contributed by atoms with van der Waals surface area (Å²) in [6.45, 7) is 8.28. The molecule has 0 unspecified atom stereocenters. The first-order chi connectivity index (χ1) is 9.19. The molecule has 0 bridgehead atoms. The smallest absolute Gasteiger partial charge is 0.0964 e. The van der Waals surface area contributed by atoms with Crippen LogP contribution in [0.3, 0.4) is 0 Å². The Hall–Kier alpha value is -0.680. The molecule has 2 rings (SSSR count). The second kappa shape index (κ2) is 7.20. The first kappa shape index (κ1) is 14.7. The highest BCUT2D eigenvalue weighted by Crippen LogP contribution is 2.26. The quantitative estimate of drug-likeness (QED) is 0.814. The third-order valence-corrected chi connectivity index (χ3v) is 4.13. The molecule has 106 valence electrons. The number of nitrogens with zero attached hydrogens (tertiary/aromatic N) is 1. The maximum absolute atomic E-state index is 10.0. The molecule has 1 saturated heterocycles. The number of hydrogen-bond acceptors (Lipinski definition) is 4. The predicted octanol–water partition coefficient (Wildman–Crippen LogP) is 2.84. The van der Waals surface area contributed by atoms with Crippen molar-refractivity contribution in [1.29, 1.82) is 0 Å². The van der Waals surface area contributed by atoms with Crippen molar-refractivity contribution in [2.24, 2.45) is 0 Å². The van der Waals surface area contributed by atoms with Gasteiger partial charge in [-0.05, 0) is 42.2 Å². The number of ether oxygens (including phenoxy) is 1. The van der Waals surface area contributed by atoms with Gasteiger partial charge in [-0.1, -0.05) is 6.08 Å². The van der Waals surface area contributed by atoms with Crippen molar-refractivity contribution in [3.8, 4) is 0 Å². The maximum Gasteiger partial charge on any atom is 0.0964 e. The average molecular weight is 281 g/mol. The number of hydrogen-bond donors (Lipinski definition) is 1. The molecule has 1 aromatic heterocycles. The van der Waals surface area contributed by atoms with Crippen LogP contribution in [-0.4, -0.2) is 41.8 Å². The van der Waals surface area contributed by atoms with Crippen molar-refractivity contribution in [2.75, 3.05) is 19.6 Å². The number of aliphatic hydroxyl groups is 1. The van der Waals surface area contributed by atoms with Crippen LogP contribution in [0.25, 0.3) is 0 Å². The van der Waals surface area contributed by atoms with Crippen molar-refractivity contribution in [3.05, 3.63) is 35.0 Å². The molecule has 0 amide bonds. The monoisotopic (exact) mass is 281 g/mol. The van der Waals surface area contributed by atoms with E-state index < -0.39 is 0 Å². The van der Waals surface area contributed by atoms with E-state index in [0.717, 1.165) is 32.5 Å². The lowest BCUT2D eigenvalue weighted by Gasteiger charge is -2.37. The van der Waals surface area contributed by atoms with Gasteiger partial charge in [-0.25, -0.2) is 0 Å². The van der Waals surface area contributed by atoms with E-state index in [1.807, 2.05) is 6.08 Å². The molecule has 1 aromatic rings. The normalized spacial score (nSPS) is 26.2. The minimum absolute atomic E-state index is 0.140. The van der Waals surface area contributed by atoms with E-state index in [1.165, 1.54) is 5.56 Å². The lowest BCUT2D eigenvalue weighted by atomic mass is 10.1. The van der Waals surface area contributed by atoms with E-state index in [1.54, 1.807) is 11.3 Å². The molecule has 19 heavy (non-hydrogen) atoms. The molecular weight excluding hydrogens is 258 g/mol. The van der Waals surface area contributed by atoms with Gasteiger partial charge >= 0.3 is 0 Å². The van der Waals surface area contributed by atoms with Crippen molar-refractivity contribution < 1.29 is 9.84 Å². The van der Waals surface area contributed by atoms with Crippen molar-refractivity contribution in [2.45, 2.75) is 38.1 Å². The van der Waals surface area contributed by atoms with Gasteiger partial charge in [0.25, 0.3) is 0 Å². The fourth-order valence-electron chi connectivity index (χ4n) is 2.53. The number of thiophene rings is 1. The fourth-order valence-corrected chi connectivity index (χ4v) is 3.23. The summed E-state index contributed by atoms with van der Waals surface area (Å²) in [6, 6.07) is 2.12. The summed E-state index contributed by atoms with van der Waals surface area (Å²) in [4.78, 5) is 2.31. The Morgan fingerprint density at radius 1 is 1.63 bits per heavy atom. The molecule has 1 aliphatic rings. The molecule has 0 saturated carbocycles. The molecule has 0 spiro atoms. The van der Waals surface area contributed by atoms with Crippen LogP contribution < -0.4 is 0 Å². The lowest BCUT2D eigenvalue weighted by Crippen LogP contribution is -2.45. The molecule has 4 heteroatoms. The standard InChI is InChI=1S/C15H23NO2S/c1-3-4-5-14(17)9-16-8-12(2)18-15(10-16)13-6-7-19-11-13/h3,6-7,11-12,14-15,17H,1,4-5,8-10H2,2H3/t12-,14-,15-/m0/s1. The van der Waals surface area contributed by atoms with Crippen molar-refractivity contribution in [1.82, 2.24) is 4.90 Å².